The zero-order chi connectivity index (χ0) is 16.2. The molecule has 0 bridgehead atoms. The summed E-state index contributed by atoms with van der Waals surface area (Å²) in [6.45, 7) is 2.09. The van der Waals surface area contributed by atoms with Crippen molar-refractivity contribution in [3.05, 3.63) is 71.1 Å². The summed E-state index contributed by atoms with van der Waals surface area (Å²) >= 11 is 6.13. The van der Waals surface area contributed by atoms with Crippen molar-refractivity contribution in [2.24, 2.45) is 0 Å². The molecule has 5 heteroatoms. The number of aryl methyl sites for hydroxylation is 1. The topological polar surface area (TPSA) is 46.4 Å². The van der Waals surface area contributed by atoms with Crippen molar-refractivity contribution in [3.63, 3.8) is 0 Å². The van der Waals surface area contributed by atoms with Gasteiger partial charge < -0.3 is 5.32 Å². The van der Waals surface area contributed by atoms with Crippen molar-refractivity contribution < 1.29 is 4.79 Å². The van der Waals surface area contributed by atoms with Crippen LogP contribution in [0, 0.1) is 0 Å². The molecule has 116 valence electrons. The number of imidazole rings is 1. The maximum absolute atomic E-state index is 12.0. The van der Waals surface area contributed by atoms with E-state index in [1.165, 1.54) is 11.6 Å². The fraction of sp³-hybridized carbons (Fsp3) is 0.111. The summed E-state index contributed by atoms with van der Waals surface area (Å²) in [6.07, 6.45) is 5.95. The molecule has 0 saturated heterocycles. The maximum atomic E-state index is 12.0. The fourth-order valence-corrected chi connectivity index (χ4v) is 2.54. The summed E-state index contributed by atoms with van der Waals surface area (Å²) in [5.41, 5.74) is 3.42. The van der Waals surface area contributed by atoms with Crippen LogP contribution in [0.3, 0.4) is 0 Å². The molecule has 0 radical (unpaired) electrons. The lowest BCUT2D eigenvalue weighted by Gasteiger charge is -2.03. The SMILES string of the molecule is CCc1ccc(NC(=O)/C=C/c2c(Cl)nc3ccccn23)cc1. The summed E-state index contributed by atoms with van der Waals surface area (Å²) in [5, 5.41) is 3.19. The first-order chi connectivity index (χ1) is 11.2. The van der Waals surface area contributed by atoms with E-state index in [1.807, 2.05) is 53.1 Å². The number of halogens is 1. The summed E-state index contributed by atoms with van der Waals surface area (Å²) in [5.74, 6) is -0.212. The minimum absolute atomic E-state index is 0.212. The number of nitrogens with one attached hydrogen (secondary N) is 1. The Bertz CT molecular complexity index is 866. The molecule has 2 heterocycles. The second-order valence-electron chi connectivity index (χ2n) is 5.09. The number of benzene rings is 1. The predicted molar refractivity (Wildman–Crippen MR) is 93.7 cm³/mol. The Hall–Kier alpha value is -2.59. The van der Waals surface area contributed by atoms with Crippen molar-refractivity contribution in [2.45, 2.75) is 13.3 Å². The monoisotopic (exact) mass is 325 g/mol. The van der Waals surface area contributed by atoms with Crippen LogP contribution in [0.2, 0.25) is 5.15 Å². The summed E-state index contributed by atoms with van der Waals surface area (Å²) < 4.78 is 1.84. The van der Waals surface area contributed by atoms with Crippen LogP contribution in [0.5, 0.6) is 0 Å². The number of rotatable bonds is 4. The van der Waals surface area contributed by atoms with Crippen LogP contribution in [-0.4, -0.2) is 15.3 Å². The molecule has 23 heavy (non-hydrogen) atoms. The molecular weight excluding hydrogens is 310 g/mol. The first-order valence-electron chi connectivity index (χ1n) is 7.38. The standard InChI is InChI=1S/C18H16ClN3O/c1-2-13-6-8-14(9-7-13)20-17(23)11-10-15-18(19)21-16-5-3-4-12-22(15)16/h3-12H,2H2,1H3,(H,20,23)/b11-10+. The molecule has 0 aliphatic carbocycles. The van der Waals surface area contributed by atoms with Gasteiger partial charge in [0.1, 0.15) is 5.65 Å². The highest BCUT2D eigenvalue weighted by molar-refractivity contribution is 6.31. The zero-order valence-electron chi connectivity index (χ0n) is 12.7. The van der Waals surface area contributed by atoms with E-state index in [0.29, 0.717) is 10.8 Å². The number of pyridine rings is 1. The number of anilines is 1. The molecule has 1 amide bonds. The van der Waals surface area contributed by atoms with Crippen LogP contribution < -0.4 is 5.32 Å². The van der Waals surface area contributed by atoms with Gasteiger partial charge in [-0.15, -0.1) is 0 Å². The molecule has 3 rings (SSSR count). The second-order valence-corrected chi connectivity index (χ2v) is 5.45. The van der Waals surface area contributed by atoms with Crippen molar-refractivity contribution in [3.8, 4) is 0 Å². The van der Waals surface area contributed by atoms with Gasteiger partial charge in [0.25, 0.3) is 0 Å². The Balaban J connectivity index is 1.75. The lowest BCUT2D eigenvalue weighted by molar-refractivity contribution is -0.111. The highest BCUT2D eigenvalue weighted by atomic mass is 35.5. The molecule has 0 spiro atoms. The molecule has 2 aromatic heterocycles. The number of nitrogens with zero attached hydrogens (tertiary/aromatic N) is 2. The van der Waals surface area contributed by atoms with Crippen molar-refractivity contribution in [2.75, 3.05) is 5.32 Å². The minimum Gasteiger partial charge on any atom is -0.323 e. The van der Waals surface area contributed by atoms with E-state index in [1.54, 1.807) is 6.08 Å². The summed E-state index contributed by atoms with van der Waals surface area (Å²) in [7, 11) is 0. The number of hydrogen-bond donors (Lipinski definition) is 1. The molecule has 0 aliphatic heterocycles. The summed E-state index contributed by atoms with van der Waals surface area (Å²) in [4.78, 5) is 16.3. The molecule has 1 aromatic carbocycles. The lowest BCUT2D eigenvalue weighted by Crippen LogP contribution is -2.07. The number of aromatic nitrogens is 2. The van der Waals surface area contributed by atoms with Crippen LogP contribution in [0.4, 0.5) is 5.69 Å². The molecule has 0 fully saturated rings. The second kappa shape index (κ2) is 6.67. The van der Waals surface area contributed by atoms with E-state index in [4.69, 9.17) is 11.6 Å². The van der Waals surface area contributed by atoms with E-state index in [2.05, 4.69) is 17.2 Å². The highest BCUT2D eigenvalue weighted by Gasteiger charge is 2.07. The summed E-state index contributed by atoms with van der Waals surface area (Å²) in [6, 6.07) is 13.4. The Morgan fingerprint density at radius 2 is 2.04 bits per heavy atom. The van der Waals surface area contributed by atoms with Crippen LogP contribution in [0.15, 0.2) is 54.7 Å². The molecule has 0 atom stereocenters. The average molecular weight is 326 g/mol. The van der Waals surface area contributed by atoms with Gasteiger partial charge >= 0.3 is 0 Å². The predicted octanol–water partition coefficient (Wildman–Crippen LogP) is 4.20. The van der Waals surface area contributed by atoms with Gasteiger partial charge in [-0.1, -0.05) is 36.7 Å². The average Bonchev–Trinajstić information content (AvgIpc) is 2.89. The third-order valence-corrected chi connectivity index (χ3v) is 3.82. The Morgan fingerprint density at radius 3 is 2.78 bits per heavy atom. The van der Waals surface area contributed by atoms with Crippen molar-refractivity contribution >= 4 is 34.9 Å². The van der Waals surface area contributed by atoms with Gasteiger partial charge in [0.15, 0.2) is 5.15 Å². The van der Waals surface area contributed by atoms with Gasteiger partial charge in [-0.3, -0.25) is 9.20 Å². The number of carbonyl (C=O) groups is 1. The van der Waals surface area contributed by atoms with Gasteiger partial charge in [0.2, 0.25) is 5.91 Å². The molecule has 0 unspecified atom stereocenters. The number of amides is 1. The van der Waals surface area contributed by atoms with E-state index in [0.717, 1.165) is 17.8 Å². The van der Waals surface area contributed by atoms with Gasteiger partial charge in [-0.25, -0.2) is 4.98 Å². The van der Waals surface area contributed by atoms with E-state index >= 15 is 0 Å². The van der Waals surface area contributed by atoms with Gasteiger partial charge in [0, 0.05) is 18.0 Å². The molecule has 1 N–H and O–H groups in total. The van der Waals surface area contributed by atoms with Crippen molar-refractivity contribution in [1.29, 1.82) is 0 Å². The van der Waals surface area contributed by atoms with Crippen LogP contribution in [-0.2, 0) is 11.2 Å². The van der Waals surface area contributed by atoms with Crippen molar-refractivity contribution in [1.82, 2.24) is 9.38 Å². The number of carbonyl (C=O) groups excluding carboxylic acids is 1. The van der Waals surface area contributed by atoms with Gasteiger partial charge in [0.05, 0.1) is 5.69 Å². The molecule has 0 aliphatic rings. The van der Waals surface area contributed by atoms with Crippen LogP contribution in [0.1, 0.15) is 18.2 Å². The third-order valence-electron chi connectivity index (χ3n) is 3.54. The Morgan fingerprint density at radius 1 is 1.26 bits per heavy atom. The Kier molecular flexibility index (Phi) is 4.44. The fourth-order valence-electron chi connectivity index (χ4n) is 2.30. The number of hydrogen-bond acceptors (Lipinski definition) is 2. The quantitative estimate of drug-likeness (QED) is 0.731. The highest BCUT2D eigenvalue weighted by Crippen LogP contribution is 2.19. The molecule has 4 nitrogen and oxygen atoms in total. The van der Waals surface area contributed by atoms with E-state index in [-0.39, 0.29) is 5.91 Å². The van der Waals surface area contributed by atoms with E-state index < -0.39 is 0 Å². The maximum Gasteiger partial charge on any atom is 0.248 e. The van der Waals surface area contributed by atoms with E-state index in [9.17, 15) is 4.79 Å². The first-order valence-corrected chi connectivity index (χ1v) is 7.76. The molecule has 0 saturated carbocycles. The van der Waals surface area contributed by atoms with Gasteiger partial charge in [-0.05, 0) is 42.3 Å². The smallest absolute Gasteiger partial charge is 0.248 e. The molecule has 3 aromatic rings. The first kappa shape index (κ1) is 15.3. The number of fused-ring (bicyclic) bond motifs is 1. The largest absolute Gasteiger partial charge is 0.323 e. The van der Waals surface area contributed by atoms with Crippen LogP contribution in [0.25, 0.3) is 11.7 Å². The van der Waals surface area contributed by atoms with Gasteiger partial charge in [-0.2, -0.15) is 0 Å². The normalized spacial score (nSPS) is 11.2. The van der Waals surface area contributed by atoms with Crippen LogP contribution >= 0.6 is 11.6 Å². The lowest BCUT2D eigenvalue weighted by atomic mass is 10.1. The minimum atomic E-state index is -0.212. The zero-order valence-corrected chi connectivity index (χ0v) is 13.4. The molecular formula is C18H16ClN3O. The Labute approximate surface area is 139 Å². The third kappa shape index (κ3) is 3.43.